The summed E-state index contributed by atoms with van der Waals surface area (Å²) in [7, 11) is 0. The van der Waals surface area contributed by atoms with Gasteiger partial charge in [0.25, 0.3) is 0 Å². The Balaban J connectivity index is 2.21. The molecule has 1 saturated carbocycles. The van der Waals surface area contributed by atoms with E-state index in [9.17, 15) is 9.50 Å². The largest absolute Gasteiger partial charge is 0.508 e. The van der Waals surface area contributed by atoms with Crippen molar-refractivity contribution in [2.75, 3.05) is 0 Å². The quantitative estimate of drug-likeness (QED) is 0.721. The van der Waals surface area contributed by atoms with Crippen LogP contribution in [0, 0.1) is 6.92 Å². The first-order chi connectivity index (χ1) is 6.15. The number of hydrogen-bond acceptors (Lipinski definition) is 2. The fourth-order valence-corrected chi connectivity index (χ4v) is 1.67. The van der Waals surface area contributed by atoms with Gasteiger partial charge in [-0.3, -0.25) is 4.98 Å². The number of halogens is 1. The maximum absolute atomic E-state index is 12.6. The molecule has 0 aromatic carbocycles. The molecule has 3 heteroatoms. The summed E-state index contributed by atoms with van der Waals surface area (Å²) in [6, 6.07) is 3.23. The van der Waals surface area contributed by atoms with Crippen LogP contribution in [0.5, 0.6) is 5.75 Å². The van der Waals surface area contributed by atoms with Gasteiger partial charge >= 0.3 is 0 Å². The molecule has 1 heterocycles. The van der Waals surface area contributed by atoms with E-state index in [-0.39, 0.29) is 11.7 Å². The Morgan fingerprint density at radius 3 is 2.69 bits per heavy atom. The highest BCUT2D eigenvalue weighted by molar-refractivity contribution is 5.28. The summed E-state index contributed by atoms with van der Waals surface area (Å²) >= 11 is 0. The second-order valence-electron chi connectivity index (χ2n) is 3.66. The zero-order valence-electron chi connectivity index (χ0n) is 7.50. The van der Waals surface area contributed by atoms with Crippen LogP contribution in [0.15, 0.2) is 12.1 Å². The van der Waals surface area contributed by atoms with Gasteiger partial charge in [-0.2, -0.15) is 0 Å². The van der Waals surface area contributed by atoms with E-state index in [0.717, 1.165) is 11.4 Å². The number of alkyl halides is 1. The van der Waals surface area contributed by atoms with E-state index in [0.29, 0.717) is 12.8 Å². The predicted molar refractivity (Wildman–Crippen MR) is 47.5 cm³/mol. The van der Waals surface area contributed by atoms with Crippen molar-refractivity contribution >= 4 is 0 Å². The topological polar surface area (TPSA) is 33.1 Å². The van der Waals surface area contributed by atoms with Gasteiger partial charge in [0.1, 0.15) is 11.9 Å². The Labute approximate surface area is 76.4 Å². The standard InChI is InChI=1S/C10H12FNO/c1-6-2-9(13)5-10(12-6)7-3-8(11)4-7/h2,5,7-8H,3-4H2,1H3,(H,12,13). The van der Waals surface area contributed by atoms with E-state index in [2.05, 4.69) is 4.98 Å². The molecule has 2 nitrogen and oxygen atoms in total. The summed E-state index contributed by atoms with van der Waals surface area (Å²) in [5.41, 5.74) is 1.61. The molecule has 70 valence electrons. The van der Waals surface area contributed by atoms with Crippen molar-refractivity contribution in [2.24, 2.45) is 0 Å². The lowest BCUT2D eigenvalue weighted by molar-refractivity contribution is 0.176. The fourth-order valence-electron chi connectivity index (χ4n) is 1.67. The normalized spacial score (nSPS) is 26.9. The average Bonchev–Trinajstić information content (AvgIpc) is 1.96. The molecule has 0 bridgehead atoms. The summed E-state index contributed by atoms with van der Waals surface area (Å²) in [4.78, 5) is 4.26. The second-order valence-corrected chi connectivity index (χ2v) is 3.66. The fraction of sp³-hybridized carbons (Fsp3) is 0.500. The number of aryl methyl sites for hydroxylation is 1. The molecule has 0 aliphatic heterocycles. The first kappa shape index (κ1) is 8.48. The Kier molecular flexibility index (Phi) is 1.94. The molecule has 0 saturated heterocycles. The molecule has 1 aliphatic rings. The zero-order chi connectivity index (χ0) is 9.42. The molecule has 0 radical (unpaired) electrons. The third-order valence-electron chi connectivity index (χ3n) is 2.46. The Hall–Kier alpha value is -1.12. The third-order valence-corrected chi connectivity index (χ3v) is 2.46. The Morgan fingerprint density at radius 1 is 1.46 bits per heavy atom. The molecule has 0 unspecified atom stereocenters. The van der Waals surface area contributed by atoms with E-state index in [4.69, 9.17) is 0 Å². The van der Waals surface area contributed by atoms with Crippen molar-refractivity contribution in [3.05, 3.63) is 23.5 Å². The van der Waals surface area contributed by atoms with Crippen LogP contribution >= 0.6 is 0 Å². The summed E-state index contributed by atoms with van der Waals surface area (Å²) in [6.07, 6.45) is 0.431. The Bertz CT molecular complexity index is 300. The van der Waals surface area contributed by atoms with Crippen LogP contribution in [-0.2, 0) is 0 Å². The number of rotatable bonds is 1. The van der Waals surface area contributed by atoms with Gasteiger partial charge in [-0.05, 0) is 19.8 Å². The molecule has 13 heavy (non-hydrogen) atoms. The van der Waals surface area contributed by atoms with E-state index < -0.39 is 6.17 Å². The smallest absolute Gasteiger partial charge is 0.119 e. The predicted octanol–water partition coefficient (Wildman–Crippen LogP) is 2.31. The van der Waals surface area contributed by atoms with Crippen LogP contribution in [0.25, 0.3) is 0 Å². The van der Waals surface area contributed by atoms with Gasteiger partial charge in [0.2, 0.25) is 0 Å². The highest BCUT2D eigenvalue weighted by atomic mass is 19.1. The lowest BCUT2D eigenvalue weighted by atomic mass is 9.81. The number of aromatic hydroxyl groups is 1. The van der Waals surface area contributed by atoms with Gasteiger partial charge in [-0.15, -0.1) is 0 Å². The summed E-state index contributed by atoms with van der Waals surface area (Å²) in [5.74, 6) is 0.436. The maximum Gasteiger partial charge on any atom is 0.119 e. The molecular formula is C10H12FNO. The van der Waals surface area contributed by atoms with Gasteiger partial charge in [0, 0.05) is 29.4 Å². The minimum Gasteiger partial charge on any atom is -0.508 e. The molecule has 2 rings (SSSR count). The molecule has 1 aliphatic carbocycles. The highest BCUT2D eigenvalue weighted by Crippen LogP contribution is 2.38. The number of pyridine rings is 1. The van der Waals surface area contributed by atoms with Gasteiger partial charge < -0.3 is 5.11 Å². The van der Waals surface area contributed by atoms with Gasteiger partial charge in [0.15, 0.2) is 0 Å². The lowest BCUT2D eigenvalue weighted by Crippen LogP contribution is -2.23. The van der Waals surface area contributed by atoms with Gasteiger partial charge in [-0.25, -0.2) is 4.39 Å². The SMILES string of the molecule is Cc1cc(O)cc(C2CC(F)C2)n1. The van der Waals surface area contributed by atoms with Crippen molar-refractivity contribution in [2.45, 2.75) is 31.9 Å². The van der Waals surface area contributed by atoms with Crippen LogP contribution < -0.4 is 0 Å². The summed E-state index contributed by atoms with van der Waals surface area (Å²) in [6.45, 7) is 1.83. The number of nitrogens with zero attached hydrogens (tertiary/aromatic N) is 1. The molecule has 1 N–H and O–H groups in total. The zero-order valence-corrected chi connectivity index (χ0v) is 7.50. The van der Waals surface area contributed by atoms with E-state index in [1.165, 1.54) is 0 Å². The summed E-state index contributed by atoms with van der Waals surface area (Å²) < 4.78 is 12.6. The molecular weight excluding hydrogens is 169 g/mol. The third kappa shape index (κ3) is 1.64. The van der Waals surface area contributed by atoms with E-state index >= 15 is 0 Å². The van der Waals surface area contributed by atoms with Crippen LogP contribution in [-0.4, -0.2) is 16.3 Å². The molecule has 0 amide bonds. The summed E-state index contributed by atoms with van der Waals surface area (Å²) in [5, 5.41) is 9.29. The van der Waals surface area contributed by atoms with Crippen molar-refractivity contribution in [1.82, 2.24) is 4.98 Å². The minimum atomic E-state index is -0.672. The molecule has 0 spiro atoms. The molecule has 0 atom stereocenters. The van der Waals surface area contributed by atoms with Gasteiger partial charge in [-0.1, -0.05) is 0 Å². The van der Waals surface area contributed by atoms with E-state index in [1.807, 2.05) is 6.92 Å². The van der Waals surface area contributed by atoms with Crippen LogP contribution in [0.2, 0.25) is 0 Å². The lowest BCUT2D eigenvalue weighted by Gasteiger charge is -2.29. The van der Waals surface area contributed by atoms with Gasteiger partial charge in [0.05, 0.1) is 0 Å². The van der Waals surface area contributed by atoms with Crippen LogP contribution in [0.4, 0.5) is 4.39 Å². The average molecular weight is 181 g/mol. The number of aromatic nitrogens is 1. The minimum absolute atomic E-state index is 0.209. The molecule has 1 aromatic heterocycles. The molecule has 1 aromatic rings. The molecule has 1 fully saturated rings. The Morgan fingerprint density at radius 2 is 2.15 bits per heavy atom. The van der Waals surface area contributed by atoms with E-state index in [1.54, 1.807) is 12.1 Å². The van der Waals surface area contributed by atoms with Crippen molar-refractivity contribution in [3.8, 4) is 5.75 Å². The first-order valence-corrected chi connectivity index (χ1v) is 4.47. The second kappa shape index (κ2) is 2.98. The van der Waals surface area contributed by atoms with Crippen LogP contribution in [0.3, 0.4) is 0 Å². The highest BCUT2D eigenvalue weighted by Gasteiger charge is 2.31. The number of hydrogen-bond donors (Lipinski definition) is 1. The van der Waals surface area contributed by atoms with Crippen molar-refractivity contribution in [1.29, 1.82) is 0 Å². The van der Waals surface area contributed by atoms with Crippen molar-refractivity contribution < 1.29 is 9.50 Å². The first-order valence-electron chi connectivity index (χ1n) is 4.47. The monoisotopic (exact) mass is 181 g/mol. The maximum atomic E-state index is 12.6. The van der Waals surface area contributed by atoms with Crippen LogP contribution in [0.1, 0.15) is 30.1 Å². The van der Waals surface area contributed by atoms with Crippen molar-refractivity contribution in [3.63, 3.8) is 0 Å².